The number of hydrogen-bond donors (Lipinski definition) is 1. The van der Waals surface area contributed by atoms with Crippen molar-refractivity contribution in [3.05, 3.63) is 70.5 Å². The number of hydrogen-bond acceptors (Lipinski definition) is 7. The number of ether oxygens (including phenoxy) is 1. The number of carbonyl (C=O) groups is 1. The standard InChI is InChI=1S/C17H19N2O6P/c1-2-23-17(20)13-18-26(24-15-7-5-3-4-6-8-15)25-16-11-9-14(10-12-16)19(21)22/h3-5,7-12,18H,2,6,13H2,1H3. The molecule has 1 unspecified atom stereocenters. The first-order chi connectivity index (χ1) is 12.6. The van der Waals surface area contributed by atoms with Gasteiger partial charge in [-0.25, -0.2) is 5.09 Å². The lowest BCUT2D eigenvalue weighted by Gasteiger charge is -2.19. The van der Waals surface area contributed by atoms with Crippen LogP contribution in [0.25, 0.3) is 0 Å². The highest BCUT2D eigenvalue weighted by Gasteiger charge is 2.18. The van der Waals surface area contributed by atoms with E-state index in [2.05, 4.69) is 5.09 Å². The topological polar surface area (TPSA) is 99.9 Å². The third-order valence-electron chi connectivity index (χ3n) is 3.04. The monoisotopic (exact) mass is 378 g/mol. The van der Waals surface area contributed by atoms with Gasteiger partial charge in [0.2, 0.25) is 0 Å². The molecular weight excluding hydrogens is 359 g/mol. The molecule has 1 aliphatic rings. The molecular formula is C17H19N2O6P. The molecule has 2 rings (SSSR count). The van der Waals surface area contributed by atoms with Crippen LogP contribution in [0.15, 0.2) is 60.4 Å². The Labute approximate surface area is 152 Å². The zero-order chi connectivity index (χ0) is 18.8. The third-order valence-corrected chi connectivity index (χ3v) is 4.21. The van der Waals surface area contributed by atoms with E-state index in [1.165, 1.54) is 24.3 Å². The van der Waals surface area contributed by atoms with Crippen LogP contribution in [-0.4, -0.2) is 24.0 Å². The largest absolute Gasteiger partial charge is 0.465 e. The summed E-state index contributed by atoms with van der Waals surface area (Å²) in [4.78, 5) is 21.8. The minimum absolute atomic E-state index is 0.0393. The Kier molecular flexibility index (Phi) is 7.79. The van der Waals surface area contributed by atoms with E-state index in [4.69, 9.17) is 13.8 Å². The quantitative estimate of drug-likeness (QED) is 0.302. The summed E-state index contributed by atoms with van der Waals surface area (Å²) in [5, 5.41) is 13.6. The van der Waals surface area contributed by atoms with Crippen molar-refractivity contribution in [1.29, 1.82) is 0 Å². The van der Waals surface area contributed by atoms with Gasteiger partial charge in [0, 0.05) is 12.1 Å². The van der Waals surface area contributed by atoms with Crippen molar-refractivity contribution in [3.63, 3.8) is 0 Å². The highest BCUT2D eigenvalue weighted by molar-refractivity contribution is 7.45. The fourth-order valence-electron chi connectivity index (χ4n) is 1.87. The van der Waals surface area contributed by atoms with Crippen molar-refractivity contribution >= 4 is 20.2 Å². The number of allylic oxidation sites excluding steroid dienone is 5. The molecule has 9 heteroatoms. The van der Waals surface area contributed by atoms with E-state index in [1.54, 1.807) is 13.0 Å². The van der Waals surface area contributed by atoms with Gasteiger partial charge in [-0.3, -0.25) is 14.9 Å². The number of rotatable bonds is 9. The second-order valence-electron chi connectivity index (χ2n) is 4.96. The number of benzene rings is 1. The Morgan fingerprint density at radius 3 is 2.73 bits per heavy atom. The molecule has 1 aromatic rings. The van der Waals surface area contributed by atoms with Gasteiger partial charge in [0.05, 0.1) is 11.5 Å². The fraction of sp³-hybridized carbons (Fsp3) is 0.235. The molecule has 1 N–H and O–H groups in total. The molecule has 0 radical (unpaired) electrons. The number of nitro benzene ring substituents is 1. The molecule has 0 heterocycles. The summed E-state index contributed by atoms with van der Waals surface area (Å²) in [6.45, 7) is 1.92. The molecule has 0 bridgehead atoms. The van der Waals surface area contributed by atoms with Gasteiger partial charge in [-0.2, -0.15) is 0 Å². The number of nitrogens with zero attached hydrogens (tertiary/aromatic N) is 1. The van der Waals surface area contributed by atoms with Gasteiger partial charge in [0.25, 0.3) is 5.69 Å². The zero-order valence-electron chi connectivity index (χ0n) is 14.2. The first-order valence-electron chi connectivity index (χ1n) is 7.91. The zero-order valence-corrected chi connectivity index (χ0v) is 15.1. The van der Waals surface area contributed by atoms with Gasteiger partial charge in [0.15, 0.2) is 0 Å². The molecule has 0 aliphatic heterocycles. The van der Waals surface area contributed by atoms with Gasteiger partial charge < -0.3 is 13.8 Å². The van der Waals surface area contributed by atoms with Gasteiger partial charge in [-0.15, -0.1) is 0 Å². The molecule has 0 aromatic heterocycles. The van der Waals surface area contributed by atoms with Gasteiger partial charge in [-0.05, 0) is 37.6 Å². The first kappa shape index (κ1) is 19.6. The van der Waals surface area contributed by atoms with E-state index in [-0.39, 0.29) is 18.8 Å². The predicted octanol–water partition coefficient (Wildman–Crippen LogP) is 3.77. The molecule has 0 saturated heterocycles. The van der Waals surface area contributed by atoms with E-state index in [1.807, 2.05) is 24.3 Å². The van der Waals surface area contributed by atoms with Crippen molar-refractivity contribution in [3.8, 4) is 5.75 Å². The van der Waals surface area contributed by atoms with Crippen molar-refractivity contribution in [2.24, 2.45) is 0 Å². The molecule has 0 saturated carbocycles. The maximum Gasteiger partial charge on any atom is 0.382 e. The maximum absolute atomic E-state index is 11.6. The van der Waals surface area contributed by atoms with Crippen LogP contribution in [0.4, 0.5) is 5.69 Å². The van der Waals surface area contributed by atoms with Crippen molar-refractivity contribution in [2.75, 3.05) is 13.2 Å². The Morgan fingerprint density at radius 1 is 1.27 bits per heavy atom. The number of esters is 1. The molecule has 8 nitrogen and oxygen atoms in total. The molecule has 0 amide bonds. The van der Waals surface area contributed by atoms with Gasteiger partial charge in [0.1, 0.15) is 18.1 Å². The Balaban J connectivity index is 2.04. The van der Waals surface area contributed by atoms with Crippen molar-refractivity contribution in [2.45, 2.75) is 13.3 Å². The smallest absolute Gasteiger partial charge is 0.382 e. The lowest BCUT2D eigenvalue weighted by Crippen LogP contribution is -2.23. The van der Waals surface area contributed by atoms with Crippen molar-refractivity contribution < 1.29 is 23.5 Å². The lowest BCUT2D eigenvalue weighted by atomic mass is 10.3. The average molecular weight is 378 g/mol. The third kappa shape index (κ3) is 6.66. The summed E-state index contributed by atoms with van der Waals surface area (Å²) >= 11 is 0. The van der Waals surface area contributed by atoms with Crippen LogP contribution in [-0.2, 0) is 14.1 Å². The Morgan fingerprint density at radius 2 is 2.04 bits per heavy atom. The fourth-order valence-corrected chi connectivity index (χ4v) is 2.94. The summed E-state index contributed by atoms with van der Waals surface area (Å²) in [6, 6.07) is 5.62. The van der Waals surface area contributed by atoms with Gasteiger partial charge in [-0.1, -0.05) is 18.2 Å². The molecule has 1 atom stereocenters. The summed E-state index contributed by atoms with van der Waals surface area (Å²) in [7, 11) is -1.71. The number of nitrogens with one attached hydrogen (secondary N) is 1. The predicted molar refractivity (Wildman–Crippen MR) is 97.3 cm³/mol. The maximum atomic E-state index is 11.6. The van der Waals surface area contributed by atoms with Crippen LogP contribution < -0.4 is 9.61 Å². The normalized spacial score (nSPS) is 14.1. The van der Waals surface area contributed by atoms with Crippen LogP contribution in [0, 0.1) is 10.1 Å². The molecule has 138 valence electrons. The summed E-state index contributed by atoms with van der Waals surface area (Å²) in [6.07, 6.45) is 10.1. The second-order valence-corrected chi connectivity index (χ2v) is 6.16. The minimum atomic E-state index is -1.71. The minimum Gasteiger partial charge on any atom is -0.465 e. The highest BCUT2D eigenvalue weighted by Crippen LogP contribution is 2.38. The van der Waals surface area contributed by atoms with Gasteiger partial charge >= 0.3 is 14.5 Å². The van der Waals surface area contributed by atoms with E-state index in [0.29, 0.717) is 17.9 Å². The average Bonchev–Trinajstić information content (AvgIpc) is 2.89. The number of nitro groups is 1. The second kappa shape index (κ2) is 10.3. The van der Waals surface area contributed by atoms with E-state index >= 15 is 0 Å². The SMILES string of the molecule is CCOC(=O)CNP(OC1=CCC=CC=C1)Oc1ccc([N+](=O)[O-])cc1. The van der Waals surface area contributed by atoms with Crippen LogP contribution in [0.3, 0.4) is 0 Å². The number of carbonyl (C=O) groups excluding carboxylic acids is 1. The van der Waals surface area contributed by atoms with Crippen LogP contribution in [0.1, 0.15) is 13.3 Å². The Hall–Kier alpha value is -2.70. The Bertz CT molecular complexity index is 714. The highest BCUT2D eigenvalue weighted by atomic mass is 31.2. The molecule has 1 aromatic carbocycles. The van der Waals surface area contributed by atoms with Crippen LogP contribution in [0.2, 0.25) is 0 Å². The van der Waals surface area contributed by atoms with E-state index in [9.17, 15) is 14.9 Å². The molecule has 0 fully saturated rings. The summed E-state index contributed by atoms with van der Waals surface area (Å²) in [5.74, 6) is 0.553. The van der Waals surface area contributed by atoms with Crippen LogP contribution >= 0.6 is 8.53 Å². The van der Waals surface area contributed by atoms with Crippen LogP contribution in [0.5, 0.6) is 5.75 Å². The molecule has 1 aliphatic carbocycles. The van der Waals surface area contributed by atoms with E-state index < -0.39 is 19.4 Å². The summed E-state index contributed by atoms with van der Waals surface area (Å²) in [5.41, 5.74) is -0.0393. The van der Waals surface area contributed by atoms with Crippen molar-refractivity contribution in [1.82, 2.24) is 5.09 Å². The summed E-state index contributed by atoms with van der Waals surface area (Å²) < 4.78 is 16.4. The first-order valence-corrected chi connectivity index (χ1v) is 9.09. The van der Waals surface area contributed by atoms with E-state index in [0.717, 1.165) is 0 Å². The number of non-ortho nitro benzene ring substituents is 1. The molecule has 0 spiro atoms. The lowest BCUT2D eigenvalue weighted by molar-refractivity contribution is -0.384. The molecule has 26 heavy (non-hydrogen) atoms.